The van der Waals surface area contributed by atoms with Gasteiger partial charge in [0.2, 0.25) is 15.9 Å². The molecule has 3 rings (SSSR count). The molecule has 0 aliphatic carbocycles. The number of carbonyl (C=O) groups excluding carboxylic acids is 1. The molecule has 0 spiro atoms. The molecule has 1 amide bonds. The molecule has 1 saturated heterocycles. The van der Waals surface area contributed by atoms with Gasteiger partial charge >= 0.3 is 0 Å². The number of amides is 1. The molecular weight excluding hydrogens is 434 g/mol. The predicted molar refractivity (Wildman–Crippen MR) is 126 cm³/mol. The summed E-state index contributed by atoms with van der Waals surface area (Å²) in [5, 5.41) is 3.27. The van der Waals surface area contributed by atoms with Crippen molar-refractivity contribution in [3.63, 3.8) is 0 Å². The van der Waals surface area contributed by atoms with Gasteiger partial charge in [0.15, 0.2) is 0 Å². The van der Waals surface area contributed by atoms with Crippen LogP contribution in [0.1, 0.15) is 36.5 Å². The maximum atomic E-state index is 12.8. The summed E-state index contributed by atoms with van der Waals surface area (Å²) in [6.07, 6.45) is 3.62. The minimum Gasteiger partial charge on any atom is -0.350 e. The van der Waals surface area contributed by atoms with Crippen molar-refractivity contribution in [3.05, 3.63) is 64.2 Å². The number of rotatable bonds is 8. The molecule has 1 atom stereocenters. The quantitative estimate of drug-likeness (QED) is 0.647. The molecule has 6 nitrogen and oxygen atoms in total. The average molecular weight is 464 g/mol. The summed E-state index contributed by atoms with van der Waals surface area (Å²) in [5.74, 6) is -0.369. The Morgan fingerprint density at radius 1 is 1.13 bits per heavy atom. The van der Waals surface area contributed by atoms with E-state index in [-0.39, 0.29) is 5.91 Å². The fraction of sp³-hybridized carbons (Fsp3) is 0.435. The van der Waals surface area contributed by atoms with E-state index in [2.05, 4.69) is 22.3 Å². The second-order valence-electron chi connectivity index (χ2n) is 8.18. The van der Waals surface area contributed by atoms with Crippen molar-refractivity contribution in [2.75, 3.05) is 23.7 Å². The molecule has 168 valence electrons. The van der Waals surface area contributed by atoms with Crippen molar-refractivity contribution in [1.29, 1.82) is 0 Å². The summed E-state index contributed by atoms with van der Waals surface area (Å²) in [4.78, 5) is 15.3. The van der Waals surface area contributed by atoms with E-state index in [9.17, 15) is 13.2 Å². The number of nitrogens with one attached hydrogen (secondary N) is 1. The topological polar surface area (TPSA) is 69.7 Å². The van der Waals surface area contributed by atoms with Gasteiger partial charge < -0.3 is 5.32 Å². The highest BCUT2D eigenvalue weighted by Crippen LogP contribution is 2.28. The number of nitrogens with zero attached hydrogens (tertiary/aromatic N) is 2. The lowest BCUT2D eigenvalue weighted by atomic mass is 10.1. The van der Waals surface area contributed by atoms with Crippen LogP contribution in [-0.2, 0) is 27.9 Å². The van der Waals surface area contributed by atoms with Gasteiger partial charge in [0.05, 0.1) is 11.9 Å². The lowest BCUT2D eigenvalue weighted by Crippen LogP contribution is -2.48. The Bertz CT molecular complexity index is 1020. The number of carbonyl (C=O) groups is 1. The smallest absolute Gasteiger partial charge is 0.243 e. The lowest BCUT2D eigenvalue weighted by molar-refractivity contribution is -0.122. The van der Waals surface area contributed by atoms with Crippen LogP contribution in [0.3, 0.4) is 0 Å². The number of hydrogen-bond donors (Lipinski definition) is 1. The summed E-state index contributed by atoms with van der Waals surface area (Å²) in [7, 11) is -3.69. The molecule has 0 bridgehead atoms. The maximum absolute atomic E-state index is 12.8. The SMILES string of the molecule is Cc1ccc(Cl)cc1N([C@@H](C)C(=O)NCc1ccc(CN2CCCC2)cc1)S(C)(=O)=O. The van der Waals surface area contributed by atoms with Crippen molar-refractivity contribution in [3.8, 4) is 0 Å². The van der Waals surface area contributed by atoms with Crippen LogP contribution < -0.4 is 9.62 Å². The Morgan fingerprint density at radius 2 is 1.74 bits per heavy atom. The molecule has 8 heteroatoms. The molecule has 2 aromatic carbocycles. The summed E-state index contributed by atoms with van der Waals surface area (Å²) >= 11 is 6.08. The fourth-order valence-corrected chi connectivity index (χ4v) is 5.29. The number of sulfonamides is 1. The zero-order valence-electron chi connectivity index (χ0n) is 18.3. The molecular formula is C23H30ClN3O3S. The van der Waals surface area contributed by atoms with Gasteiger partial charge in [-0.25, -0.2) is 8.42 Å². The third-order valence-corrected chi connectivity index (χ3v) is 7.05. The van der Waals surface area contributed by atoms with Crippen molar-refractivity contribution in [2.24, 2.45) is 0 Å². The van der Waals surface area contributed by atoms with Crippen LogP contribution in [0.2, 0.25) is 5.02 Å². The van der Waals surface area contributed by atoms with Crippen LogP contribution in [0, 0.1) is 6.92 Å². The van der Waals surface area contributed by atoms with Gasteiger partial charge in [0.1, 0.15) is 6.04 Å². The molecule has 2 aromatic rings. The Kier molecular flexibility index (Phi) is 7.62. The number of aryl methyl sites for hydroxylation is 1. The van der Waals surface area contributed by atoms with Gasteiger partial charge in [-0.1, -0.05) is 41.9 Å². The second-order valence-corrected chi connectivity index (χ2v) is 10.5. The molecule has 1 aliphatic rings. The molecule has 0 unspecified atom stereocenters. The van der Waals surface area contributed by atoms with Crippen LogP contribution >= 0.6 is 11.6 Å². The van der Waals surface area contributed by atoms with Crippen LogP contribution in [0.25, 0.3) is 0 Å². The predicted octanol–water partition coefficient (Wildman–Crippen LogP) is 3.72. The standard InChI is InChI=1S/C23H30ClN3O3S/c1-17-6-11-21(24)14-22(17)27(31(3,29)30)18(2)23(28)25-15-19-7-9-20(10-8-19)16-26-12-4-5-13-26/h6-11,14,18H,4-5,12-13,15-16H2,1-3H3,(H,25,28)/t18-/m0/s1. The number of likely N-dealkylation sites (tertiary alicyclic amines) is 1. The van der Waals surface area contributed by atoms with E-state index in [1.54, 1.807) is 32.0 Å². The molecule has 1 aliphatic heterocycles. The van der Waals surface area contributed by atoms with Crippen LogP contribution in [-0.4, -0.2) is 44.6 Å². The number of halogens is 1. The molecule has 0 radical (unpaired) electrons. The van der Waals surface area contributed by atoms with E-state index in [1.165, 1.54) is 18.4 Å². The molecule has 0 saturated carbocycles. The first kappa shape index (κ1) is 23.6. The second kappa shape index (κ2) is 10.0. The minimum absolute atomic E-state index is 0.333. The van der Waals surface area contributed by atoms with Gasteiger partial charge in [-0.15, -0.1) is 0 Å². The fourth-order valence-electron chi connectivity index (χ4n) is 3.90. The van der Waals surface area contributed by atoms with Crippen molar-refractivity contribution >= 4 is 33.2 Å². The minimum atomic E-state index is -3.69. The van der Waals surface area contributed by atoms with Gasteiger partial charge in [-0.3, -0.25) is 14.0 Å². The zero-order chi connectivity index (χ0) is 22.6. The molecule has 0 aromatic heterocycles. The van der Waals surface area contributed by atoms with Gasteiger partial charge in [-0.2, -0.15) is 0 Å². The number of anilines is 1. The zero-order valence-corrected chi connectivity index (χ0v) is 19.8. The molecule has 1 fully saturated rings. The first-order valence-electron chi connectivity index (χ1n) is 10.5. The van der Waals surface area contributed by atoms with E-state index in [0.717, 1.165) is 41.3 Å². The highest BCUT2D eigenvalue weighted by atomic mass is 35.5. The Labute approximate surface area is 190 Å². The highest BCUT2D eigenvalue weighted by Gasteiger charge is 2.30. The summed E-state index contributed by atoms with van der Waals surface area (Å²) < 4.78 is 26.1. The van der Waals surface area contributed by atoms with Crippen molar-refractivity contribution in [2.45, 2.75) is 45.8 Å². The molecule has 1 heterocycles. The van der Waals surface area contributed by atoms with E-state index in [1.807, 2.05) is 12.1 Å². The normalized spacial score (nSPS) is 15.6. The Hall–Kier alpha value is -2.09. The highest BCUT2D eigenvalue weighted by molar-refractivity contribution is 7.92. The van der Waals surface area contributed by atoms with Gasteiger partial charge in [0.25, 0.3) is 0 Å². The van der Waals surface area contributed by atoms with Crippen molar-refractivity contribution in [1.82, 2.24) is 10.2 Å². The average Bonchev–Trinajstić information content (AvgIpc) is 3.22. The number of hydrogen-bond acceptors (Lipinski definition) is 4. The first-order chi connectivity index (χ1) is 14.6. The number of benzene rings is 2. The van der Waals surface area contributed by atoms with Crippen molar-refractivity contribution < 1.29 is 13.2 Å². The van der Waals surface area contributed by atoms with E-state index < -0.39 is 16.1 Å². The first-order valence-corrected chi connectivity index (χ1v) is 12.7. The van der Waals surface area contributed by atoms with Crippen LogP contribution in [0.4, 0.5) is 5.69 Å². The third kappa shape index (κ3) is 6.21. The van der Waals surface area contributed by atoms with E-state index in [4.69, 9.17) is 11.6 Å². The van der Waals surface area contributed by atoms with Gasteiger partial charge in [-0.05, 0) is 68.6 Å². The molecule has 31 heavy (non-hydrogen) atoms. The largest absolute Gasteiger partial charge is 0.350 e. The van der Waals surface area contributed by atoms with Gasteiger partial charge in [0, 0.05) is 18.1 Å². The van der Waals surface area contributed by atoms with Crippen LogP contribution in [0.5, 0.6) is 0 Å². The summed E-state index contributed by atoms with van der Waals surface area (Å²) in [6.45, 7) is 6.95. The monoisotopic (exact) mass is 463 g/mol. The third-order valence-electron chi connectivity index (χ3n) is 5.59. The summed E-state index contributed by atoms with van der Waals surface area (Å²) in [6, 6.07) is 12.3. The Balaban J connectivity index is 1.66. The maximum Gasteiger partial charge on any atom is 0.243 e. The van der Waals surface area contributed by atoms with E-state index in [0.29, 0.717) is 17.3 Å². The van der Waals surface area contributed by atoms with E-state index >= 15 is 0 Å². The summed E-state index contributed by atoms with van der Waals surface area (Å²) in [5.41, 5.74) is 3.35. The lowest BCUT2D eigenvalue weighted by Gasteiger charge is -2.29. The molecule has 1 N–H and O–H groups in total. The Morgan fingerprint density at radius 3 is 2.35 bits per heavy atom. The van der Waals surface area contributed by atoms with Crippen LogP contribution in [0.15, 0.2) is 42.5 Å².